The summed E-state index contributed by atoms with van der Waals surface area (Å²) >= 11 is 0. The van der Waals surface area contributed by atoms with E-state index in [4.69, 9.17) is 4.74 Å². The zero-order chi connectivity index (χ0) is 13.2. The first-order chi connectivity index (χ1) is 8.55. The first-order valence-corrected chi connectivity index (χ1v) is 5.94. The Balaban J connectivity index is 2.12. The van der Waals surface area contributed by atoms with E-state index in [0.717, 1.165) is 13.0 Å². The predicted octanol–water partition coefficient (Wildman–Crippen LogP) is 1.34. The lowest BCUT2D eigenvalue weighted by molar-refractivity contribution is -0.123. The van der Waals surface area contributed by atoms with Gasteiger partial charge in [0.15, 0.2) is 0 Å². The molecule has 1 aliphatic heterocycles. The monoisotopic (exact) mass is 250 g/mol. The smallest absolute Gasteiger partial charge is 0.231 e. The van der Waals surface area contributed by atoms with Gasteiger partial charge in [0.1, 0.15) is 11.5 Å². The van der Waals surface area contributed by atoms with Crippen LogP contribution >= 0.6 is 0 Å². The van der Waals surface area contributed by atoms with Gasteiger partial charge in [0, 0.05) is 12.6 Å². The first-order valence-electron chi connectivity index (χ1n) is 5.94. The molecule has 1 aromatic rings. The molecule has 0 spiro atoms. The van der Waals surface area contributed by atoms with Crippen LogP contribution in [-0.2, 0) is 4.79 Å². The number of aromatic hydroxyl groups is 1. The fraction of sp³-hybridized carbons (Fsp3) is 0.462. The summed E-state index contributed by atoms with van der Waals surface area (Å²) in [6.45, 7) is 3.43. The lowest BCUT2D eigenvalue weighted by Gasteiger charge is -2.21. The van der Waals surface area contributed by atoms with Crippen molar-refractivity contribution in [1.29, 1.82) is 0 Å². The maximum Gasteiger partial charge on any atom is 0.231 e. The Labute approximate surface area is 106 Å². The van der Waals surface area contributed by atoms with E-state index in [1.165, 1.54) is 13.2 Å². The van der Waals surface area contributed by atoms with Crippen molar-refractivity contribution < 1.29 is 14.6 Å². The third kappa shape index (κ3) is 2.41. The lowest BCUT2D eigenvalue weighted by atomic mass is 9.88. The zero-order valence-corrected chi connectivity index (χ0v) is 10.6. The highest BCUT2D eigenvalue weighted by Crippen LogP contribution is 2.31. The quantitative estimate of drug-likeness (QED) is 0.708. The van der Waals surface area contributed by atoms with Gasteiger partial charge >= 0.3 is 0 Å². The van der Waals surface area contributed by atoms with E-state index in [9.17, 15) is 9.90 Å². The number of benzene rings is 1. The molecule has 18 heavy (non-hydrogen) atoms. The second-order valence-corrected chi connectivity index (χ2v) is 4.82. The topological polar surface area (TPSA) is 70.6 Å². The van der Waals surface area contributed by atoms with Crippen molar-refractivity contribution >= 4 is 11.6 Å². The van der Waals surface area contributed by atoms with Gasteiger partial charge in [0.2, 0.25) is 5.91 Å². The van der Waals surface area contributed by atoms with E-state index in [1.54, 1.807) is 12.1 Å². The molecule has 1 aromatic carbocycles. The number of methoxy groups -OCH3 is 1. The van der Waals surface area contributed by atoms with Crippen LogP contribution in [0.2, 0.25) is 0 Å². The van der Waals surface area contributed by atoms with Crippen molar-refractivity contribution in [3.63, 3.8) is 0 Å². The molecule has 0 aliphatic carbocycles. The van der Waals surface area contributed by atoms with Crippen LogP contribution < -0.4 is 15.4 Å². The summed E-state index contributed by atoms with van der Waals surface area (Å²) in [5.74, 6) is 0.490. The van der Waals surface area contributed by atoms with Crippen molar-refractivity contribution in [2.24, 2.45) is 5.41 Å². The number of carbonyl (C=O) groups is 1. The molecule has 0 radical (unpaired) electrons. The minimum Gasteiger partial charge on any atom is -0.506 e. The maximum atomic E-state index is 12.1. The molecule has 3 N–H and O–H groups in total. The largest absolute Gasteiger partial charge is 0.506 e. The Bertz CT molecular complexity index is 454. The van der Waals surface area contributed by atoms with Gasteiger partial charge in [0.05, 0.1) is 18.2 Å². The van der Waals surface area contributed by atoms with Gasteiger partial charge in [-0.05, 0) is 32.0 Å². The van der Waals surface area contributed by atoms with Gasteiger partial charge < -0.3 is 20.5 Å². The summed E-state index contributed by atoms with van der Waals surface area (Å²) in [4.78, 5) is 12.1. The van der Waals surface area contributed by atoms with E-state index in [0.29, 0.717) is 18.0 Å². The molecule has 98 valence electrons. The molecule has 5 nitrogen and oxygen atoms in total. The number of hydrogen-bond acceptors (Lipinski definition) is 4. The van der Waals surface area contributed by atoms with Crippen molar-refractivity contribution in [2.45, 2.75) is 13.3 Å². The predicted molar refractivity (Wildman–Crippen MR) is 68.9 cm³/mol. The second kappa shape index (κ2) is 4.86. The van der Waals surface area contributed by atoms with Crippen LogP contribution in [0.4, 0.5) is 5.69 Å². The van der Waals surface area contributed by atoms with Crippen LogP contribution in [-0.4, -0.2) is 31.2 Å². The van der Waals surface area contributed by atoms with Crippen LogP contribution in [0.1, 0.15) is 13.3 Å². The molecule has 2 rings (SSSR count). The molecule has 1 fully saturated rings. The van der Waals surface area contributed by atoms with Gasteiger partial charge in [-0.3, -0.25) is 4.79 Å². The zero-order valence-electron chi connectivity index (χ0n) is 10.6. The summed E-state index contributed by atoms with van der Waals surface area (Å²) in [6, 6.07) is 4.81. The molecule has 1 unspecified atom stereocenters. The number of anilines is 1. The molecule has 1 aliphatic rings. The van der Waals surface area contributed by atoms with E-state index in [1.807, 2.05) is 6.92 Å². The van der Waals surface area contributed by atoms with Crippen LogP contribution in [0, 0.1) is 5.41 Å². The minimum atomic E-state index is -0.410. The van der Waals surface area contributed by atoms with Crippen molar-refractivity contribution in [2.75, 3.05) is 25.5 Å². The number of ether oxygens (including phenoxy) is 1. The first kappa shape index (κ1) is 12.7. The molecule has 0 bridgehead atoms. The van der Waals surface area contributed by atoms with Gasteiger partial charge in [-0.1, -0.05) is 0 Å². The summed E-state index contributed by atoms with van der Waals surface area (Å²) in [6.07, 6.45) is 0.801. The third-order valence-electron chi connectivity index (χ3n) is 3.37. The number of rotatable bonds is 3. The highest BCUT2D eigenvalue weighted by atomic mass is 16.5. The SMILES string of the molecule is COc1ccc(NC(=O)C2(C)CCNC2)c(O)c1. The van der Waals surface area contributed by atoms with Gasteiger partial charge in [-0.2, -0.15) is 0 Å². The van der Waals surface area contributed by atoms with Crippen LogP contribution in [0.5, 0.6) is 11.5 Å². The van der Waals surface area contributed by atoms with Crippen molar-refractivity contribution in [1.82, 2.24) is 5.32 Å². The Hall–Kier alpha value is -1.75. The van der Waals surface area contributed by atoms with E-state index < -0.39 is 5.41 Å². The van der Waals surface area contributed by atoms with Gasteiger partial charge in [0.25, 0.3) is 0 Å². The number of phenols is 1. The normalized spacial score (nSPS) is 22.8. The summed E-state index contributed by atoms with van der Waals surface area (Å²) in [7, 11) is 1.53. The highest BCUT2D eigenvalue weighted by molar-refractivity contribution is 5.96. The van der Waals surface area contributed by atoms with Crippen LogP contribution in [0.15, 0.2) is 18.2 Å². The second-order valence-electron chi connectivity index (χ2n) is 4.82. The third-order valence-corrected chi connectivity index (χ3v) is 3.37. The van der Waals surface area contributed by atoms with E-state index >= 15 is 0 Å². The fourth-order valence-corrected chi connectivity index (χ4v) is 2.03. The van der Waals surface area contributed by atoms with Crippen LogP contribution in [0.25, 0.3) is 0 Å². The number of hydrogen-bond donors (Lipinski definition) is 3. The summed E-state index contributed by atoms with van der Waals surface area (Å²) in [5, 5.41) is 15.7. The molecule has 1 saturated heterocycles. The minimum absolute atomic E-state index is 0.0113. The average molecular weight is 250 g/mol. The Morgan fingerprint density at radius 1 is 1.56 bits per heavy atom. The standard InChI is InChI=1S/C13H18N2O3/c1-13(5-6-14-8-13)12(17)15-10-4-3-9(18-2)7-11(10)16/h3-4,7,14,16H,5-6,8H2,1-2H3,(H,15,17). The van der Waals surface area contributed by atoms with Crippen molar-refractivity contribution in [3.8, 4) is 11.5 Å². The van der Waals surface area contributed by atoms with Gasteiger partial charge in [-0.25, -0.2) is 0 Å². The van der Waals surface area contributed by atoms with E-state index in [2.05, 4.69) is 10.6 Å². The molecule has 1 atom stereocenters. The maximum absolute atomic E-state index is 12.1. The Morgan fingerprint density at radius 2 is 2.33 bits per heavy atom. The molecule has 1 amide bonds. The molecular weight excluding hydrogens is 232 g/mol. The Kier molecular flexibility index (Phi) is 3.43. The van der Waals surface area contributed by atoms with Gasteiger partial charge in [-0.15, -0.1) is 0 Å². The van der Waals surface area contributed by atoms with E-state index in [-0.39, 0.29) is 11.7 Å². The molecule has 5 heteroatoms. The fourth-order valence-electron chi connectivity index (χ4n) is 2.03. The summed E-state index contributed by atoms with van der Waals surface area (Å²) < 4.78 is 4.99. The summed E-state index contributed by atoms with van der Waals surface area (Å²) in [5.41, 5.74) is 0.000692. The molecule has 1 heterocycles. The number of phenolic OH excluding ortho intramolecular Hbond substituents is 1. The van der Waals surface area contributed by atoms with Crippen molar-refractivity contribution in [3.05, 3.63) is 18.2 Å². The molecule has 0 aromatic heterocycles. The molecule has 0 saturated carbocycles. The highest BCUT2D eigenvalue weighted by Gasteiger charge is 2.36. The van der Waals surface area contributed by atoms with Crippen LogP contribution in [0.3, 0.4) is 0 Å². The number of amides is 1. The number of nitrogens with one attached hydrogen (secondary N) is 2. The Morgan fingerprint density at radius 3 is 2.89 bits per heavy atom. The lowest BCUT2D eigenvalue weighted by Crippen LogP contribution is -2.35. The number of carbonyl (C=O) groups excluding carboxylic acids is 1. The molecular formula is C13H18N2O3. The average Bonchev–Trinajstić information content (AvgIpc) is 2.80.